The number of aromatic nitrogens is 1. The molecule has 8 N–H and O–H groups in total. The second-order valence-corrected chi connectivity index (χ2v) is 4.95. The first kappa shape index (κ1) is 24.5. The van der Waals surface area contributed by atoms with E-state index in [0.29, 0.717) is 0 Å². The average molecular weight is 371 g/mol. The minimum absolute atomic E-state index is 0.0869. The summed E-state index contributed by atoms with van der Waals surface area (Å²) in [5, 5.41) is 42.4. The van der Waals surface area contributed by atoms with Gasteiger partial charge in [0, 0.05) is 12.4 Å². The molecule has 1 heterocycles. The number of carboxylic acids is 1. The zero-order chi connectivity index (χ0) is 19.3. The lowest BCUT2D eigenvalue weighted by Crippen LogP contribution is -2.40. The Morgan fingerprint density at radius 2 is 1.75 bits per heavy atom. The fourth-order valence-electron chi connectivity index (χ4n) is 0.905. The lowest BCUT2D eigenvalue weighted by Gasteiger charge is -2.16. The molecule has 24 heavy (non-hydrogen) atoms. The largest absolute Gasteiger partial charge is 0.478 e. The Morgan fingerprint density at radius 1 is 1.25 bits per heavy atom. The monoisotopic (exact) mass is 371 g/mol. The maximum atomic E-state index is 10.2. The van der Waals surface area contributed by atoms with Crippen molar-refractivity contribution in [2.24, 2.45) is 0 Å². The van der Waals surface area contributed by atoms with Crippen LogP contribution in [-0.2, 0) is 9.36 Å². The van der Waals surface area contributed by atoms with Crippen molar-refractivity contribution in [1.29, 1.82) is 0 Å². The maximum absolute atomic E-state index is 10.2. The van der Waals surface area contributed by atoms with Crippen molar-refractivity contribution >= 4 is 20.1 Å². The number of aliphatic hydroxyl groups is 4. The van der Waals surface area contributed by atoms with Crippen LogP contribution in [0.15, 0.2) is 24.5 Å². The molecule has 138 valence electrons. The summed E-state index contributed by atoms with van der Waals surface area (Å²) in [6.07, 6.45) is -1.79. The van der Waals surface area contributed by atoms with Crippen LogP contribution in [0.25, 0.3) is 0 Å². The zero-order valence-electron chi connectivity index (χ0n) is 12.0. The Balaban J connectivity index is 0. The summed E-state index contributed by atoms with van der Waals surface area (Å²) in [6.45, 7) is -0.688. The molecule has 0 amide bonds. The van der Waals surface area contributed by atoms with E-state index in [1.807, 2.05) is 0 Å². The number of aliphatic hydroxyl groups excluding tert-OH is 4. The van der Waals surface area contributed by atoms with E-state index in [-0.39, 0.29) is 11.8 Å². The van der Waals surface area contributed by atoms with Gasteiger partial charge in [-0.25, -0.2) is 9.36 Å². The molecule has 0 spiro atoms. The van der Waals surface area contributed by atoms with Crippen molar-refractivity contribution < 1.29 is 54.4 Å². The van der Waals surface area contributed by atoms with E-state index in [0.717, 1.165) is 0 Å². The Kier molecular flexibility index (Phi) is 12.9. The first-order valence-electron chi connectivity index (χ1n) is 5.96. The molecule has 0 saturated heterocycles. The summed E-state index contributed by atoms with van der Waals surface area (Å²) in [7, 11) is -4.64. The Morgan fingerprint density at radius 3 is 2.00 bits per heavy atom. The molecular formula is C11H18NO11P. The van der Waals surface area contributed by atoms with Crippen LogP contribution in [0.1, 0.15) is 10.4 Å². The quantitative estimate of drug-likeness (QED) is 0.193. The molecule has 0 fully saturated rings. The van der Waals surface area contributed by atoms with E-state index < -0.39 is 38.7 Å². The van der Waals surface area contributed by atoms with Crippen LogP contribution < -0.4 is 0 Å². The summed E-state index contributed by atoms with van der Waals surface area (Å²) < 4.78 is 8.88. The number of rotatable bonds is 5. The fourth-order valence-corrected chi connectivity index (χ4v) is 0.905. The molecule has 1 aromatic heterocycles. The first-order valence-corrected chi connectivity index (χ1v) is 7.52. The molecule has 13 heteroatoms. The van der Waals surface area contributed by atoms with Crippen LogP contribution in [-0.4, -0.2) is 82.4 Å². The number of pyridine rings is 1. The standard InChI is InChI=1S/C6H5NO2.C5H10O5.H3O4P/c8-6(9)5-2-1-3-7-4-5;6-1-3(8)5(10)4(9)2-7;1-5(2,3)4/h1-4H,(H,8,9);1,3-5,7-10H,2H2;(H3,1,2,3,4). The van der Waals surface area contributed by atoms with Gasteiger partial charge in [-0.1, -0.05) is 0 Å². The Hall–Kier alpha value is -1.76. The summed E-state index contributed by atoms with van der Waals surface area (Å²) in [4.78, 5) is 45.1. The molecule has 3 atom stereocenters. The fraction of sp³-hybridized carbons (Fsp3) is 0.364. The molecule has 12 nitrogen and oxygen atoms in total. The molecule has 0 aromatic carbocycles. The van der Waals surface area contributed by atoms with Gasteiger partial charge in [-0.2, -0.15) is 0 Å². The van der Waals surface area contributed by atoms with E-state index in [1.54, 1.807) is 6.07 Å². The maximum Gasteiger partial charge on any atom is 0.466 e. The second kappa shape index (κ2) is 12.6. The number of carbonyl (C=O) groups is 2. The topological polar surface area (TPSA) is 226 Å². The van der Waals surface area contributed by atoms with Gasteiger partial charge in [0.25, 0.3) is 0 Å². The second-order valence-electron chi connectivity index (χ2n) is 3.93. The van der Waals surface area contributed by atoms with Gasteiger partial charge in [-0.3, -0.25) is 4.98 Å². The number of aldehydes is 1. The van der Waals surface area contributed by atoms with E-state index in [9.17, 15) is 9.59 Å². The number of nitrogens with zero attached hydrogens (tertiary/aromatic N) is 1. The van der Waals surface area contributed by atoms with E-state index in [2.05, 4.69) is 4.98 Å². The van der Waals surface area contributed by atoms with Gasteiger partial charge in [0.1, 0.15) is 18.3 Å². The molecule has 0 aliphatic heterocycles. The van der Waals surface area contributed by atoms with Gasteiger partial charge in [0.05, 0.1) is 12.2 Å². The van der Waals surface area contributed by atoms with Crippen molar-refractivity contribution in [1.82, 2.24) is 4.98 Å². The highest BCUT2D eigenvalue weighted by molar-refractivity contribution is 7.45. The summed E-state index contributed by atoms with van der Waals surface area (Å²) in [5.41, 5.74) is 0.220. The van der Waals surface area contributed by atoms with Gasteiger partial charge in [0.2, 0.25) is 0 Å². The molecule has 1 aromatic rings. The van der Waals surface area contributed by atoms with Crippen LogP contribution in [0.2, 0.25) is 0 Å². The van der Waals surface area contributed by atoms with Crippen LogP contribution in [0.5, 0.6) is 0 Å². The predicted molar refractivity (Wildman–Crippen MR) is 76.6 cm³/mol. The minimum Gasteiger partial charge on any atom is -0.478 e. The lowest BCUT2D eigenvalue weighted by molar-refractivity contribution is -0.127. The van der Waals surface area contributed by atoms with Gasteiger partial charge in [0.15, 0.2) is 6.29 Å². The predicted octanol–water partition coefficient (Wildman–Crippen LogP) is -2.89. The zero-order valence-corrected chi connectivity index (χ0v) is 12.9. The van der Waals surface area contributed by atoms with Crippen LogP contribution in [0.3, 0.4) is 0 Å². The average Bonchev–Trinajstić information content (AvgIpc) is 2.52. The van der Waals surface area contributed by atoms with Gasteiger partial charge < -0.3 is 45.0 Å². The highest BCUT2D eigenvalue weighted by Crippen LogP contribution is 2.25. The third-order valence-corrected chi connectivity index (χ3v) is 1.98. The molecule has 1 rings (SSSR count). The molecule has 3 unspecified atom stereocenters. The number of hydrogen-bond donors (Lipinski definition) is 8. The van der Waals surface area contributed by atoms with E-state index in [4.69, 9.17) is 44.8 Å². The van der Waals surface area contributed by atoms with Crippen molar-refractivity contribution in [2.45, 2.75) is 18.3 Å². The van der Waals surface area contributed by atoms with Crippen LogP contribution in [0, 0.1) is 0 Å². The molecule has 0 aliphatic carbocycles. The number of hydrogen-bond acceptors (Lipinski definition) is 8. The van der Waals surface area contributed by atoms with Gasteiger partial charge >= 0.3 is 13.8 Å². The number of carboxylic acid groups (broad SMARTS) is 1. The molecule has 0 aliphatic rings. The van der Waals surface area contributed by atoms with Crippen molar-refractivity contribution in [3.63, 3.8) is 0 Å². The smallest absolute Gasteiger partial charge is 0.466 e. The Bertz CT molecular complexity index is 512. The molecule has 0 radical (unpaired) electrons. The van der Waals surface area contributed by atoms with Crippen molar-refractivity contribution in [2.75, 3.05) is 6.61 Å². The molecular weight excluding hydrogens is 353 g/mol. The van der Waals surface area contributed by atoms with E-state index in [1.165, 1.54) is 18.5 Å². The third-order valence-electron chi connectivity index (χ3n) is 1.98. The van der Waals surface area contributed by atoms with Crippen LogP contribution in [0.4, 0.5) is 0 Å². The summed E-state index contributed by atoms with van der Waals surface area (Å²) >= 11 is 0. The summed E-state index contributed by atoms with van der Waals surface area (Å²) in [6, 6.07) is 3.08. The van der Waals surface area contributed by atoms with Crippen LogP contribution >= 0.6 is 7.82 Å². The first-order chi connectivity index (χ1) is 10.9. The number of phosphoric acid groups is 1. The number of aromatic carboxylic acids is 1. The Labute approximate surface area is 135 Å². The highest BCUT2D eigenvalue weighted by atomic mass is 31.2. The lowest BCUT2D eigenvalue weighted by atomic mass is 10.1. The van der Waals surface area contributed by atoms with Gasteiger partial charge in [-0.05, 0) is 12.1 Å². The minimum atomic E-state index is -4.64. The normalized spacial score (nSPS) is 14.0. The molecule has 0 bridgehead atoms. The summed E-state index contributed by atoms with van der Waals surface area (Å²) in [5.74, 6) is -0.942. The highest BCUT2D eigenvalue weighted by Gasteiger charge is 2.22. The number of carbonyl (C=O) groups excluding carboxylic acids is 1. The van der Waals surface area contributed by atoms with Gasteiger partial charge in [-0.15, -0.1) is 0 Å². The van der Waals surface area contributed by atoms with E-state index >= 15 is 0 Å². The van der Waals surface area contributed by atoms with Crippen molar-refractivity contribution in [3.8, 4) is 0 Å². The third kappa shape index (κ3) is 15.1. The SMILES string of the molecule is O=C(O)c1cccnc1.O=CC(O)C(O)C(O)CO.O=P(O)(O)O. The molecule has 0 saturated carbocycles. The van der Waals surface area contributed by atoms with Crippen molar-refractivity contribution in [3.05, 3.63) is 30.1 Å².